The number of hydrogen-bond donors (Lipinski definition) is 1. The molecule has 0 spiro atoms. The average molecular weight is 235 g/mol. The van der Waals surface area contributed by atoms with Crippen LogP contribution in [-0.4, -0.2) is 22.0 Å². The first kappa shape index (κ1) is 15.0. The summed E-state index contributed by atoms with van der Waals surface area (Å²) in [4.78, 5) is 26.9. The SMILES string of the molecule is CC(C#N)C(=O)C=O.CCCCc1ncc[nH]1. The Bertz CT molecular complexity index is 366. The fraction of sp³-hybridized carbons (Fsp3) is 0.500. The molecule has 0 saturated carbocycles. The number of Topliss-reactive ketones (excluding diaryl/α,β-unsaturated/α-hetero) is 1. The van der Waals surface area contributed by atoms with E-state index in [0.717, 1.165) is 12.2 Å². The van der Waals surface area contributed by atoms with Crippen molar-refractivity contribution in [1.82, 2.24) is 9.97 Å². The molecule has 1 aromatic rings. The van der Waals surface area contributed by atoms with Crippen LogP contribution in [0.2, 0.25) is 0 Å². The fourth-order valence-electron chi connectivity index (χ4n) is 0.945. The lowest BCUT2D eigenvalue weighted by Crippen LogP contribution is -2.08. The van der Waals surface area contributed by atoms with Crippen LogP contribution in [-0.2, 0) is 16.0 Å². The van der Waals surface area contributed by atoms with Gasteiger partial charge in [-0.05, 0) is 13.3 Å². The zero-order valence-corrected chi connectivity index (χ0v) is 10.1. The van der Waals surface area contributed by atoms with E-state index in [1.807, 2.05) is 6.20 Å². The molecule has 0 fully saturated rings. The van der Waals surface area contributed by atoms with Crippen molar-refractivity contribution >= 4 is 12.1 Å². The average Bonchev–Trinajstić information content (AvgIpc) is 2.88. The van der Waals surface area contributed by atoms with Crippen LogP contribution in [0.15, 0.2) is 12.4 Å². The van der Waals surface area contributed by atoms with Crippen molar-refractivity contribution in [3.63, 3.8) is 0 Å². The Hall–Kier alpha value is -1.96. The van der Waals surface area contributed by atoms with E-state index in [4.69, 9.17) is 5.26 Å². The number of H-pyrrole nitrogens is 1. The van der Waals surface area contributed by atoms with Gasteiger partial charge < -0.3 is 4.98 Å². The number of aromatic amines is 1. The third-order valence-corrected chi connectivity index (χ3v) is 2.06. The Kier molecular flexibility index (Phi) is 8.21. The summed E-state index contributed by atoms with van der Waals surface area (Å²) in [5.74, 6) is -0.336. The predicted molar refractivity (Wildman–Crippen MR) is 63.0 cm³/mol. The highest BCUT2D eigenvalue weighted by molar-refractivity contribution is 6.26. The van der Waals surface area contributed by atoms with E-state index in [1.54, 1.807) is 12.3 Å². The van der Waals surface area contributed by atoms with Crippen molar-refractivity contribution in [2.24, 2.45) is 5.92 Å². The maximum absolute atomic E-state index is 10.2. The highest BCUT2D eigenvalue weighted by Gasteiger charge is 2.08. The Labute approximate surface area is 101 Å². The summed E-state index contributed by atoms with van der Waals surface area (Å²) in [7, 11) is 0. The van der Waals surface area contributed by atoms with Crippen LogP contribution in [0.1, 0.15) is 32.5 Å². The number of carbonyl (C=O) groups is 2. The molecule has 0 aromatic carbocycles. The lowest BCUT2D eigenvalue weighted by atomic mass is 10.1. The number of hydrogen-bond acceptors (Lipinski definition) is 4. The summed E-state index contributed by atoms with van der Waals surface area (Å²) in [5, 5.41) is 8.01. The normalized spacial score (nSPS) is 10.6. The van der Waals surface area contributed by atoms with E-state index in [9.17, 15) is 9.59 Å². The van der Waals surface area contributed by atoms with Gasteiger partial charge in [0.1, 0.15) is 11.7 Å². The molecule has 0 aliphatic carbocycles. The van der Waals surface area contributed by atoms with Gasteiger partial charge in [-0.2, -0.15) is 5.26 Å². The third-order valence-electron chi connectivity index (χ3n) is 2.06. The van der Waals surface area contributed by atoms with Gasteiger partial charge in [-0.3, -0.25) is 9.59 Å². The minimum atomic E-state index is -0.785. The smallest absolute Gasteiger partial charge is 0.211 e. The van der Waals surface area contributed by atoms with E-state index in [1.165, 1.54) is 19.8 Å². The largest absolute Gasteiger partial charge is 0.349 e. The second-order valence-corrected chi connectivity index (χ2v) is 3.51. The van der Waals surface area contributed by atoms with E-state index >= 15 is 0 Å². The van der Waals surface area contributed by atoms with Gasteiger partial charge in [0.15, 0.2) is 6.29 Å². The molecule has 5 nitrogen and oxygen atoms in total. The molecule has 1 unspecified atom stereocenters. The van der Waals surface area contributed by atoms with Crippen molar-refractivity contribution in [1.29, 1.82) is 5.26 Å². The van der Waals surface area contributed by atoms with Gasteiger partial charge in [-0.25, -0.2) is 4.98 Å². The Balaban J connectivity index is 0.000000304. The molecule has 92 valence electrons. The first-order valence-electron chi connectivity index (χ1n) is 5.52. The lowest BCUT2D eigenvalue weighted by Gasteiger charge is -1.90. The number of unbranched alkanes of at least 4 members (excludes halogenated alkanes) is 1. The summed E-state index contributed by atoms with van der Waals surface area (Å²) >= 11 is 0. The molecule has 0 saturated heterocycles. The number of ketones is 1. The third kappa shape index (κ3) is 7.01. The first-order valence-corrected chi connectivity index (χ1v) is 5.52. The van der Waals surface area contributed by atoms with E-state index < -0.39 is 11.7 Å². The second-order valence-electron chi connectivity index (χ2n) is 3.51. The topological polar surface area (TPSA) is 86.6 Å². The van der Waals surface area contributed by atoms with Gasteiger partial charge in [0, 0.05) is 18.8 Å². The van der Waals surface area contributed by atoms with Crippen LogP contribution in [0.25, 0.3) is 0 Å². The maximum atomic E-state index is 10.2. The van der Waals surface area contributed by atoms with Crippen LogP contribution < -0.4 is 0 Å². The summed E-state index contributed by atoms with van der Waals surface area (Å²) in [6, 6.07) is 1.63. The van der Waals surface area contributed by atoms with Crippen LogP contribution in [0.5, 0.6) is 0 Å². The number of aryl methyl sites for hydroxylation is 1. The molecule has 1 rings (SSSR count). The second kappa shape index (κ2) is 9.28. The monoisotopic (exact) mass is 235 g/mol. The molecular formula is C12H17N3O2. The minimum absolute atomic E-state index is 0.161. The van der Waals surface area contributed by atoms with Gasteiger partial charge in [0.05, 0.1) is 6.07 Å². The molecule has 0 aliphatic heterocycles. The van der Waals surface area contributed by atoms with E-state index in [2.05, 4.69) is 16.9 Å². The number of aromatic nitrogens is 2. The van der Waals surface area contributed by atoms with Gasteiger partial charge in [-0.1, -0.05) is 13.3 Å². The van der Waals surface area contributed by atoms with Crippen molar-refractivity contribution in [3.8, 4) is 6.07 Å². The number of nitriles is 1. The van der Waals surface area contributed by atoms with E-state index in [0.29, 0.717) is 0 Å². The molecule has 0 aliphatic rings. The zero-order chi connectivity index (χ0) is 13.1. The number of nitrogens with zero attached hydrogens (tertiary/aromatic N) is 2. The number of imidazole rings is 1. The predicted octanol–water partition coefficient (Wildman–Crippen LogP) is 1.67. The Morgan fingerprint density at radius 3 is 2.76 bits per heavy atom. The quantitative estimate of drug-likeness (QED) is 0.621. The van der Waals surface area contributed by atoms with Crippen molar-refractivity contribution in [2.45, 2.75) is 33.1 Å². The summed E-state index contributed by atoms with van der Waals surface area (Å²) in [6.07, 6.45) is 7.38. The van der Waals surface area contributed by atoms with Gasteiger partial charge >= 0.3 is 0 Å². The molecule has 17 heavy (non-hydrogen) atoms. The molecule has 1 N–H and O–H groups in total. The Morgan fingerprint density at radius 1 is 1.71 bits per heavy atom. The Morgan fingerprint density at radius 2 is 2.41 bits per heavy atom. The summed E-state index contributed by atoms with van der Waals surface area (Å²) in [5.41, 5.74) is 0. The van der Waals surface area contributed by atoms with Crippen LogP contribution in [0.3, 0.4) is 0 Å². The molecule has 0 amide bonds. The number of nitrogens with one attached hydrogen (secondary N) is 1. The molecule has 0 radical (unpaired) electrons. The number of carbonyl (C=O) groups excluding carboxylic acids is 2. The standard InChI is InChI=1S/C7H12N2.C5H5NO2/c1-2-3-4-7-8-5-6-9-7;1-4(2-6)5(8)3-7/h5-6H,2-4H2,1H3,(H,8,9);3-4H,1H3. The minimum Gasteiger partial charge on any atom is -0.349 e. The van der Waals surface area contributed by atoms with Crippen LogP contribution >= 0.6 is 0 Å². The number of rotatable bonds is 5. The highest BCUT2D eigenvalue weighted by atomic mass is 16.2. The maximum Gasteiger partial charge on any atom is 0.211 e. The molecule has 5 heteroatoms. The van der Waals surface area contributed by atoms with E-state index in [-0.39, 0.29) is 6.29 Å². The van der Waals surface area contributed by atoms with Gasteiger partial charge in [0.2, 0.25) is 5.78 Å². The van der Waals surface area contributed by atoms with Crippen molar-refractivity contribution in [2.75, 3.05) is 0 Å². The molecule has 0 bridgehead atoms. The van der Waals surface area contributed by atoms with Crippen LogP contribution in [0, 0.1) is 17.2 Å². The zero-order valence-electron chi connectivity index (χ0n) is 10.1. The molecule has 1 atom stereocenters. The lowest BCUT2D eigenvalue weighted by molar-refractivity contribution is -0.131. The molecule has 1 heterocycles. The first-order chi connectivity index (χ1) is 8.15. The van der Waals surface area contributed by atoms with Crippen LogP contribution in [0.4, 0.5) is 0 Å². The number of aldehydes is 1. The van der Waals surface area contributed by atoms with Gasteiger partial charge in [0.25, 0.3) is 0 Å². The van der Waals surface area contributed by atoms with Crippen molar-refractivity contribution in [3.05, 3.63) is 18.2 Å². The molecule has 1 aromatic heterocycles. The van der Waals surface area contributed by atoms with Gasteiger partial charge in [-0.15, -0.1) is 0 Å². The summed E-state index contributed by atoms with van der Waals surface area (Å²) < 4.78 is 0. The molecular weight excluding hydrogens is 218 g/mol. The fourth-order valence-corrected chi connectivity index (χ4v) is 0.945. The highest BCUT2D eigenvalue weighted by Crippen LogP contribution is 1.96. The van der Waals surface area contributed by atoms with Crippen molar-refractivity contribution < 1.29 is 9.59 Å². The summed E-state index contributed by atoms with van der Waals surface area (Å²) in [6.45, 7) is 3.57.